The molecule has 0 saturated heterocycles. The number of para-hydroxylation sites is 1. The zero-order chi connectivity index (χ0) is 18.2. The van der Waals surface area contributed by atoms with Gasteiger partial charge in [0.1, 0.15) is 17.9 Å². The molecule has 27 heavy (non-hydrogen) atoms. The number of nitrogens with zero attached hydrogens (tertiary/aromatic N) is 3. The van der Waals surface area contributed by atoms with Crippen LogP contribution in [-0.4, -0.2) is 23.6 Å². The summed E-state index contributed by atoms with van der Waals surface area (Å²) in [7, 11) is 1.69. The Kier molecular flexibility index (Phi) is 3.75. The Morgan fingerprint density at radius 3 is 2.56 bits per heavy atom. The molecule has 0 aliphatic carbocycles. The molecule has 1 aliphatic rings. The van der Waals surface area contributed by atoms with Crippen LogP contribution in [0, 0.1) is 0 Å². The molecule has 0 N–H and O–H groups in total. The van der Waals surface area contributed by atoms with Crippen molar-refractivity contribution < 1.29 is 4.74 Å². The average molecular weight is 353 g/mol. The van der Waals surface area contributed by atoms with Crippen LogP contribution < -0.4 is 9.64 Å². The van der Waals surface area contributed by atoms with E-state index in [2.05, 4.69) is 51.3 Å². The lowest BCUT2D eigenvalue weighted by Crippen LogP contribution is -2.15. The number of benzene rings is 3. The van der Waals surface area contributed by atoms with E-state index in [4.69, 9.17) is 4.74 Å². The molecule has 0 fully saturated rings. The number of ether oxygens (including phenoxy) is 1. The lowest BCUT2D eigenvalue weighted by atomic mass is 10.0. The van der Waals surface area contributed by atoms with Gasteiger partial charge in [0.05, 0.1) is 12.6 Å². The molecule has 0 radical (unpaired) electrons. The van der Waals surface area contributed by atoms with E-state index in [0.717, 1.165) is 35.4 Å². The van der Waals surface area contributed by atoms with Crippen LogP contribution in [0.4, 0.5) is 11.5 Å². The molecule has 132 valence electrons. The van der Waals surface area contributed by atoms with Gasteiger partial charge in [-0.15, -0.1) is 0 Å². The number of aromatic nitrogens is 2. The first-order chi connectivity index (χ1) is 13.3. The molecule has 1 aromatic heterocycles. The van der Waals surface area contributed by atoms with E-state index in [0.29, 0.717) is 0 Å². The van der Waals surface area contributed by atoms with Crippen LogP contribution in [0.5, 0.6) is 5.75 Å². The topological polar surface area (TPSA) is 38.2 Å². The molecule has 4 heteroatoms. The van der Waals surface area contributed by atoms with Crippen LogP contribution in [0.25, 0.3) is 22.0 Å². The lowest BCUT2D eigenvalue weighted by molar-refractivity contribution is 0.415. The van der Waals surface area contributed by atoms with Gasteiger partial charge in [0.2, 0.25) is 0 Å². The summed E-state index contributed by atoms with van der Waals surface area (Å²) in [5.41, 5.74) is 5.93. The Morgan fingerprint density at radius 1 is 0.889 bits per heavy atom. The fourth-order valence-electron chi connectivity index (χ4n) is 3.77. The molecule has 0 unspecified atom stereocenters. The molecule has 1 aliphatic heterocycles. The molecule has 0 spiro atoms. The molecule has 0 saturated carbocycles. The second-order valence-corrected chi connectivity index (χ2v) is 6.69. The summed E-state index contributed by atoms with van der Waals surface area (Å²) in [5.74, 6) is 1.85. The highest BCUT2D eigenvalue weighted by Gasteiger charge is 2.23. The summed E-state index contributed by atoms with van der Waals surface area (Å²) in [5, 5.41) is 1.09. The first-order valence-electron chi connectivity index (χ1n) is 9.08. The van der Waals surface area contributed by atoms with Gasteiger partial charge < -0.3 is 9.64 Å². The third-order valence-corrected chi connectivity index (χ3v) is 5.18. The van der Waals surface area contributed by atoms with Gasteiger partial charge in [-0.1, -0.05) is 36.4 Å². The Balaban J connectivity index is 1.59. The molecule has 4 aromatic rings. The summed E-state index contributed by atoms with van der Waals surface area (Å²) in [6.07, 6.45) is 2.68. The molecule has 3 aromatic carbocycles. The summed E-state index contributed by atoms with van der Waals surface area (Å²) in [4.78, 5) is 11.3. The van der Waals surface area contributed by atoms with Gasteiger partial charge in [0, 0.05) is 17.6 Å². The molecule has 2 heterocycles. The smallest absolute Gasteiger partial charge is 0.144 e. The Bertz CT molecular complexity index is 1120. The average Bonchev–Trinajstić information content (AvgIpc) is 3.16. The third kappa shape index (κ3) is 2.70. The fourth-order valence-corrected chi connectivity index (χ4v) is 3.77. The van der Waals surface area contributed by atoms with Crippen LogP contribution in [0.3, 0.4) is 0 Å². The lowest BCUT2D eigenvalue weighted by Gasteiger charge is -2.20. The third-order valence-electron chi connectivity index (χ3n) is 5.18. The summed E-state index contributed by atoms with van der Waals surface area (Å²) >= 11 is 0. The molecule has 0 bridgehead atoms. The van der Waals surface area contributed by atoms with Gasteiger partial charge in [0.15, 0.2) is 0 Å². The number of anilines is 2. The second-order valence-electron chi connectivity index (χ2n) is 6.69. The minimum atomic E-state index is 0.869. The van der Waals surface area contributed by atoms with E-state index in [1.165, 1.54) is 22.4 Å². The van der Waals surface area contributed by atoms with E-state index in [-0.39, 0.29) is 0 Å². The standard InChI is InChI=1S/C23H19N3O/c1-27-19-10-8-16(9-11-19)18-7-6-17-12-13-26(22(17)14-18)23-20-4-2-3-5-21(20)24-15-25-23/h2-11,14-15H,12-13H2,1H3. The van der Waals surface area contributed by atoms with Crippen molar-refractivity contribution in [3.05, 3.63) is 78.6 Å². The van der Waals surface area contributed by atoms with E-state index in [1.54, 1.807) is 13.4 Å². The summed E-state index contributed by atoms with van der Waals surface area (Å²) in [6, 6.07) is 23.1. The number of rotatable bonds is 3. The highest BCUT2D eigenvalue weighted by molar-refractivity contribution is 5.92. The van der Waals surface area contributed by atoms with E-state index < -0.39 is 0 Å². The molecule has 5 rings (SSSR count). The van der Waals surface area contributed by atoms with E-state index >= 15 is 0 Å². The highest BCUT2D eigenvalue weighted by Crippen LogP contribution is 2.38. The Morgan fingerprint density at radius 2 is 1.70 bits per heavy atom. The van der Waals surface area contributed by atoms with Gasteiger partial charge in [-0.3, -0.25) is 0 Å². The minimum absolute atomic E-state index is 0.869. The fraction of sp³-hybridized carbons (Fsp3) is 0.130. The normalized spacial score (nSPS) is 13.0. The number of fused-ring (bicyclic) bond motifs is 2. The number of methoxy groups -OCH3 is 1. The second kappa shape index (κ2) is 6.40. The van der Waals surface area contributed by atoms with Crippen LogP contribution in [0.1, 0.15) is 5.56 Å². The van der Waals surface area contributed by atoms with Gasteiger partial charge in [0.25, 0.3) is 0 Å². The zero-order valence-electron chi connectivity index (χ0n) is 15.1. The molecule has 0 atom stereocenters. The van der Waals surface area contributed by atoms with Crippen molar-refractivity contribution >= 4 is 22.4 Å². The van der Waals surface area contributed by atoms with Gasteiger partial charge in [-0.05, 0) is 53.4 Å². The van der Waals surface area contributed by atoms with E-state index in [9.17, 15) is 0 Å². The molecular weight excluding hydrogens is 334 g/mol. The van der Waals surface area contributed by atoms with Crippen LogP contribution in [0.2, 0.25) is 0 Å². The largest absolute Gasteiger partial charge is 0.497 e. The molecule has 0 amide bonds. The predicted molar refractivity (Wildman–Crippen MR) is 109 cm³/mol. The van der Waals surface area contributed by atoms with Crippen molar-refractivity contribution in [2.45, 2.75) is 6.42 Å². The summed E-state index contributed by atoms with van der Waals surface area (Å²) in [6.45, 7) is 0.933. The van der Waals surface area contributed by atoms with Gasteiger partial charge in [-0.25, -0.2) is 9.97 Å². The van der Waals surface area contributed by atoms with Crippen molar-refractivity contribution in [1.29, 1.82) is 0 Å². The van der Waals surface area contributed by atoms with Crippen molar-refractivity contribution in [3.8, 4) is 16.9 Å². The minimum Gasteiger partial charge on any atom is -0.497 e. The van der Waals surface area contributed by atoms with Gasteiger partial charge >= 0.3 is 0 Å². The summed E-state index contributed by atoms with van der Waals surface area (Å²) < 4.78 is 5.27. The van der Waals surface area contributed by atoms with Crippen LogP contribution in [0.15, 0.2) is 73.1 Å². The first kappa shape index (κ1) is 15.8. The van der Waals surface area contributed by atoms with Crippen molar-refractivity contribution in [1.82, 2.24) is 9.97 Å². The van der Waals surface area contributed by atoms with Crippen molar-refractivity contribution in [2.75, 3.05) is 18.6 Å². The maximum absolute atomic E-state index is 5.27. The van der Waals surface area contributed by atoms with Crippen molar-refractivity contribution in [3.63, 3.8) is 0 Å². The highest BCUT2D eigenvalue weighted by atomic mass is 16.5. The zero-order valence-corrected chi connectivity index (χ0v) is 15.1. The van der Waals surface area contributed by atoms with E-state index in [1.807, 2.05) is 30.3 Å². The maximum atomic E-state index is 5.27. The van der Waals surface area contributed by atoms with Gasteiger partial charge in [-0.2, -0.15) is 0 Å². The van der Waals surface area contributed by atoms with Crippen molar-refractivity contribution in [2.24, 2.45) is 0 Å². The quantitative estimate of drug-likeness (QED) is 0.519. The Hall–Kier alpha value is -3.40. The molecular formula is C23H19N3O. The van der Waals surface area contributed by atoms with Crippen LogP contribution >= 0.6 is 0 Å². The Labute approximate surface area is 158 Å². The number of hydrogen-bond donors (Lipinski definition) is 0. The SMILES string of the molecule is COc1ccc(-c2ccc3c(c2)N(c2ncnc4ccccc24)CC3)cc1. The first-order valence-corrected chi connectivity index (χ1v) is 9.08. The maximum Gasteiger partial charge on any atom is 0.144 e. The molecule has 4 nitrogen and oxygen atoms in total. The van der Waals surface area contributed by atoms with Crippen LogP contribution in [-0.2, 0) is 6.42 Å². The monoisotopic (exact) mass is 353 g/mol. The predicted octanol–water partition coefficient (Wildman–Crippen LogP) is 5.00. The number of hydrogen-bond acceptors (Lipinski definition) is 4.